The van der Waals surface area contributed by atoms with Crippen molar-refractivity contribution in [3.05, 3.63) is 50.9 Å². The molecule has 0 spiro atoms. The molecule has 1 unspecified atom stereocenters. The topological polar surface area (TPSA) is 96.1 Å². The quantitative estimate of drug-likeness (QED) is 0.489. The van der Waals surface area contributed by atoms with Crippen molar-refractivity contribution < 1.29 is 14.3 Å². The molecule has 168 valence electrons. The van der Waals surface area contributed by atoms with E-state index in [1.807, 2.05) is 18.2 Å². The first kappa shape index (κ1) is 21.1. The lowest BCUT2D eigenvalue weighted by atomic mass is 9.95. The van der Waals surface area contributed by atoms with Crippen LogP contribution >= 0.6 is 15.9 Å². The number of hydrogen-bond acceptors (Lipinski definition) is 5. The van der Waals surface area contributed by atoms with E-state index in [2.05, 4.69) is 50.2 Å². The van der Waals surface area contributed by atoms with Crippen molar-refractivity contribution in [1.82, 2.24) is 20.4 Å². The predicted molar refractivity (Wildman–Crippen MR) is 124 cm³/mol. The van der Waals surface area contributed by atoms with Crippen molar-refractivity contribution in [2.24, 2.45) is 5.92 Å². The largest absolute Gasteiger partial charge is 0.495 e. The van der Waals surface area contributed by atoms with E-state index < -0.39 is 6.04 Å². The molecule has 0 saturated heterocycles. The highest BCUT2D eigenvalue weighted by atomic mass is 79.9. The SMILES string of the molecule is COc1cc(C2c3c(CC(C)C)n[nH]c3C(=O)N2c2cc(C3CC3)[nH]n2)cc(OC)c1Br. The van der Waals surface area contributed by atoms with Gasteiger partial charge in [0.1, 0.15) is 21.7 Å². The van der Waals surface area contributed by atoms with E-state index in [0.29, 0.717) is 34.8 Å². The van der Waals surface area contributed by atoms with E-state index in [4.69, 9.17) is 9.47 Å². The Labute approximate surface area is 194 Å². The lowest BCUT2D eigenvalue weighted by molar-refractivity contribution is 0.0988. The molecule has 2 aromatic heterocycles. The summed E-state index contributed by atoms with van der Waals surface area (Å²) >= 11 is 3.55. The third kappa shape index (κ3) is 3.39. The maximum absolute atomic E-state index is 13.6. The van der Waals surface area contributed by atoms with Crippen molar-refractivity contribution >= 4 is 27.7 Å². The molecule has 5 rings (SSSR count). The lowest BCUT2D eigenvalue weighted by Crippen LogP contribution is -2.30. The molecule has 9 heteroatoms. The van der Waals surface area contributed by atoms with E-state index in [9.17, 15) is 4.79 Å². The van der Waals surface area contributed by atoms with Crippen molar-refractivity contribution in [2.75, 3.05) is 19.1 Å². The van der Waals surface area contributed by atoms with Crippen LogP contribution in [0, 0.1) is 5.92 Å². The van der Waals surface area contributed by atoms with Crippen LogP contribution in [0.25, 0.3) is 0 Å². The second-order valence-electron chi connectivity index (χ2n) is 8.83. The summed E-state index contributed by atoms with van der Waals surface area (Å²) in [6, 6.07) is 5.48. The maximum Gasteiger partial charge on any atom is 0.278 e. The molecule has 1 fully saturated rings. The van der Waals surface area contributed by atoms with E-state index in [0.717, 1.165) is 46.2 Å². The Hall–Kier alpha value is -2.81. The fourth-order valence-corrected chi connectivity index (χ4v) is 4.96. The Morgan fingerprint density at radius 2 is 1.81 bits per heavy atom. The second kappa shape index (κ2) is 7.95. The van der Waals surface area contributed by atoms with Crippen LogP contribution in [-0.4, -0.2) is 40.5 Å². The minimum absolute atomic E-state index is 0.137. The molecule has 1 saturated carbocycles. The number of nitrogens with one attached hydrogen (secondary N) is 2. The third-order valence-electron chi connectivity index (χ3n) is 6.08. The van der Waals surface area contributed by atoms with Gasteiger partial charge in [-0.2, -0.15) is 10.2 Å². The van der Waals surface area contributed by atoms with Crippen LogP contribution in [0.5, 0.6) is 11.5 Å². The number of nitrogens with zero attached hydrogens (tertiary/aromatic N) is 3. The van der Waals surface area contributed by atoms with Gasteiger partial charge in [-0.25, -0.2) is 0 Å². The fourth-order valence-electron chi connectivity index (χ4n) is 4.41. The van der Waals surface area contributed by atoms with Gasteiger partial charge < -0.3 is 9.47 Å². The van der Waals surface area contributed by atoms with Gasteiger partial charge >= 0.3 is 0 Å². The highest BCUT2D eigenvalue weighted by Crippen LogP contribution is 2.47. The van der Waals surface area contributed by atoms with Crippen LogP contribution in [0.3, 0.4) is 0 Å². The predicted octanol–water partition coefficient (Wildman–Crippen LogP) is 4.74. The Morgan fingerprint density at radius 1 is 1.12 bits per heavy atom. The first-order valence-electron chi connectivity index (χ1n) is 10.8. The summed E-state index contributed by atoms with van der Waals surface area (Å²) in [6.07, 6.45) is 3.07. The number of carbonyl (C=O) groups excluding carboxylic acids is 1. The monoisotopic (exact) mass is 499 g/mol. The first-order chi connectivity index (χ1) is 15.4. The van der Waals surface area contributed by atoms with Crippen molar-refractivity contribution in [3.8, 4) is 11.5 Å². The summed E-state index contributed by atoms with van der Waals surface area (Å²) in [6.45, 7) is 4.29. The average molecular weight is 500 g/mol. The van der Waals surface area contributed by atoms with Gasteiger partial charge in [-0.3, -0.25) is 19.9 Å². The second-order valence-corrected chi connectivity index (χ2v) is 9.62. The number of fused-ring (bicyclic) bond motifs is 1. The Balaban J connectivity index is 1.68. The molecule has 1 aliphatic heterocycles. The van der Waals surface area contributed by atoms with E-state index in [-0.39, 0.29) is 5.91 Å². The zero-order valence-corrected chi connectivity index (χ0v) is 20.1. The van der Waals surface area contributed by atoms with Gasteiger partial charge in [0, 0.05) is 23.2 Å². The summed E-state index contributed by atoms with van der Waals surface area (Å²) in [7, 11) is 3.23. The third-order valence-corrected chi connectivity index (χ3v) is 6.86. The zero-order chi connectivity index (χ0) is 22.6. The molecule has 1 atom stereocenters. The minimum atomic E-state index is -0.392. The molecule has 8 nitrogen and oxygen atoms in total. The summed E-state index contributed by atoms with van der Waals surface area (Å²) in [5, 5.41) is 15.2. The van der Waals surface area contributed by atoms with Gasteiger partial charge in [-0.15, -0.1) is 0 Å². The fraction of sp³-hybridized carbons (Fsp3) is 0.435. The number of aromatic amines is 2. The number of benzene rings is 1. The van der Waals surface area contributed by atoms with Crippen LogP contribution in [0.2, 0.25) is 0 Å². The van der Waals surface area contributed by atoms with Crippen LogP contribution in [0.4, 0.5) is 5.82 Å². The van der Waals surface area contributed by atoms with E-state index in [1.54, 1.807) is 19.1 Å². The van der Waals surface area contributed by atoms with E-state index in [1.165, 1.54) is 0 Å². The number of halogens is 1. The van der Waals surface area contributed by atoms with Crippen LogP contribution in [0.1, 0.15) is 71.7 Å². The standard InChI is InChI=1S/C23H26BrN5O3/c1-11(2)7-15-19-21(28-26-15)23(30)29(18-10-14(25-27-18)12-5-6-12)22(19)13-8-16(31-3)20(24)17(9-13)32-4/h8-12,22H,5-7H2,1-4H3,(H,25,27)(H,26,28). The molecule has 2 N–H and O–H groups in total. The van der Waals surface area contributed by atoms with Gasteiger partial charge in [-0.1, -0.05) is 13.8 Å². The Morgan fingerprint density at radius 3 is 2.41 bits per heavy atom. The molecule has 3 aromatic rings. The summed E-state index contributed by atoms with van der Waals surface area (Å²) in [5.74, 6) is 2.65. The summed E-state index contributed by atoms with van der Waals surface area (Å²) < 4.78 is 11.9. The number of rotatable bonds is 7. The van der Waals surface area contributed by atoms with Crippen molar-refractivity contribution in [2.45, 2.75) is 45.1 Å². The molecule has 3 heterocycles. The van der Waals surface area contributed by atoms with Gasteiger partial charge in [0.05, 0.1) is 26.0 Å². The highest BCUT2D eigenvalue weighted by Gasteiger charge is 2.44. The first-order valence-corrected chi connectivity index (χ1v) is 11.6. The lowest BCUT2D eigenvalue weighted by Gasteiger charge is -2.25. The molecule has 1 aliphatic carbocycles. The van der Waals surface area contributed by atoms with Gasteiger partial charge in [0.25, 0.3) is 5.91 Å². The van der Waals surface area contributed by atoms with E-state index >= 15 is 0 Å². The summed E-state index contributed by atoms with van der Waals surface area (Å²) in [5.41, 5.74) is 4.26. The maximum atomic E-state index is 13.6. The van der Waals surface area contributed by atoms with Gasteiger partial charge in [-0.05, 0) is 58.8 Å². The number of hydrogen-bond donors (Lipinski definition) is 2. The average Bonchev–Trinajstić information content (AvgIpc) is 3.25. The Bertz CT molecular complexity index is 1160. The number of ether oxygens (including phenoxy) is 2. The molecular formula is C23H26BrN5O3. The normalized spacial score (nSPS) is 17.9. The number of carbonyl (C=O) groups is 1. The number of aromatic nitrogens is 4. The number of anilines is 1. The molecule has 2 aliphatic rings. The summed E-state index contributed by atoms with van der Waals surface area (Å²) in [4.78, 5) is 15.3. The number of H-pyrrole nitrogens is 2. The molecular weight excluding hydrogens is 474 g/mol. The number of amides is 1. The zero-order valence-electron chi connectivity index (χ0n) is 18.5. The van der Waals surface area contributed by atoms with Gasteiger partial charge in [0.2, 0.25) is 0 Å². The van der Waals surface area contributed by atoms with Crippen molar-refractivity contribution in [1.29, 1.82) is 0 Å². The molecule has 1 aromatic carbocycles. The molecule has 32 heavy (non-hydrogen) atoms. The molecule has 0 bridgehead atoms. The minimum Gasteiger partial charge on any atom is -0.495 e. The van der Waals surface area contributed by atoms with Crippen LogP contribution < -0.4 is 14.4 Å². The highest BCUT2D eigenvalue weighted by molar-refractivity contribution is 9.10. The van der Waals surface area contributed by atoms with Gasteiger partial charge in [0.15, 0.2) is 5.82 Å². The Kier molecular flexibility index (Phi) is 5.23. The smallest absolute Gasteiger partial charge is 0.278 e. The van der Waals surface area contributed by atoms with Crippen molar-refractivity contribution in [3.63, 3.8) is 0 Å². The number of methoxy groups -OCH3 is 2. The molecule has 0 radical (unpaired) electrons. The molecule has 1 amide bonds. The van der Waals surface area contributed by atoms with Crippen LogP contribution in [0.15, 0.2) is 22.7 Å². The van der Waals surface area contributed by atoms with Crippen LogP contribution in [-0.2, 0) is 6.42 Å².